The first-order valence-corrected chi connectivity index (χ1v) is 7.27. The number of nitrogens with zero attached hydrogens (tertiary/aromatic N) is 1. The zero-order chi connectivity index (χ0) is 15.6. The number of carbonyl (C=O) groups is 2. The minimum absolute atomic E-state index is 0.0477. The summed E-state index contributed by atoms with van der Waals surface area (Å²) in [6.45, 7) is 5.67. The van der Waals surface area contributed by atoms with Gasteiger partial charge in [0, 0.05) is 5.69 Å². The molecule has 114 valence electrons. The molecule has 21 heavy (non-hydrogen) atoms. The lowest BCUT2D eigenvalue weighted by atomic mass is 10.0. The molecule has 2 unspecified atom stereocenters. The number of carbonyl (C=O) groups excluding carboxylic acids is 2. The minimum atomic E-state index is -0.501. The van der Waals surface area contributed by atoms with Crippen LogP contribution in [0.1, 0.15) is 32.3 Å². The Kier molecular flexibility index (Phi) is 4.50. The van der Waals surface area contributed by atoms with Crippen molar-refractivity contribution in [3.63, 3.8) is 0 Å². The lowest BCUT2D eigenvalue weighted by Crippen LogP contribution is -2.62. The van der Waals surface area contributed by atoms with Crippen LogP contribution in [0, 0.1) is 6.92 Å². The molecular formula is C16H22N2O3. The molecule has 0 aromatic heterocycles. The summed E-state index contributed by atoms with van der Waals surface area (Å²) in [4.78, 5) is 26.3. The zero-order valence-corrected chi connectivity index (χ0v) is 13.0. The van der Waals surface area contributed by atoms with Crippen LogP contribution >= 0.6 is 0 Å². The van der Waals surface area contributed by atoms with Gasteiger partial charge in [0.25, 0.3) is 0 Å². The first-order valence-electron chi connectivity index (χ1n) is 7.27. The van der Waals surface area contributed by atoms with Crippen LogP contribution < -0.4 is 15.0 Å². The summed E-state index contributed by atoms with van der Waals surface area (Å²) in [5.74, 6) is 0.612. The lowest BCUT2D eigenvalue weighted by Gasteiger charge is -2.37. The van der Waals surface area contributed by atoms with E-state index in [0.29, 0.717) is 6.42 Å². The predicted molar refractivity (Wildman–Crippen MR) is 81.5 cm³/mol. The average Bonchev–Trinajstić information content (AvgIpc) is 2.45. The molecule has 1 fully saturated rings. The van der Waals surface area contributed by atoms with Crippen molar-refractivity contribution < 1.29 is 14.3 Å². The molecule has 1 saturated heterocycles. The molecule has 1 aliphatic rings. The van der Waals surface area contributed by atoms with Crippen LogP contribution in [0.4, 0.5) is 5.69 Å². The molecule has 0 aliphatic carbocycles. The van der Waals surface area contributed by atoms with Gasteiger partial charge in [-0.2, -0.15) is 0 Å². The number of rotatable bonds is 4. The van der Waals surface area contributed by atoms with E-state index in [1.54, 1.807) is 18.9 Å². The van der Waals surface area contributed by atoms with E-state index < -0.39 is 12.1 Å². The average molecular weight is 290 g/mol. The number of aryl methyl sites for hydroxylation is 1. The molecule has 2 rings (SSSR count). The van der Waals surface area contributed by atoms with E-state index in [9.17, 15) is 9.59 Å². The fraction of sp³-hybridized carbons (Fsp3) is 0.500. The number of hydrogen-bond donors (Lipinski definition) is 1. The zero-order valence-electron chi connectivity index (χ0n) is 13.0. The smallest absolute Gasteiger partial charge is 0.250 e. The fourth-order valence-corrected chi connectivity index (χ4v) is 2.68. The quantitative estimate of drug-likeness (QED) is 0.923. The summed E-state index contributed by atoms with van der Waals surface area (Å²) >= 11 is 0. The Balaban J connectivity index is 2.36. The Morgan fingerprint density at radius 2 is 2.05 bits per heavy atom. The number of hydrogen-bond acceptors (Lipinski definition) is 3. The van der Waals surface area contributed by atoms with E-state index in [-0.39, 0.29) is 11.8 Å². The van der Waals surface area contributed by atoms with Crippen molar-refractivity contribution in [2.75, 3.05) is 12.0 Å². The summed E-state index contributed by atoms with van der Waals surface area (Å²) in [5.41, 5.74) is 1.68. The van der Waals surface area contributed by atoms with Crippen molar-refractivity contribution in [1.82, 2.24) is 5.32 Å². The maximum Gasteiger partial charge on any atom is 0.250 e. The number of anilines is 1. The summed E-state index contributed by atoms with van der Waals surface area (Å²) in [6, 6.07) is 4.60. The van der Waals surface area contributed by atoms with Gasteiger partial charge < -0.3 is 10.1 Å². The van der Waals surface area contributed by atoms with Crippen LogP contribution in [0.2, 0.25) is 0 Å². The number of benzene rings is 1. The Morgan fingerprint density at radius 1 is 1.33 bits per heavy atom. The second-order valence-corrected chi connectivity index (χ2v) is 5.39. The lowest BCUT2D eigenvalue weighted by molar-refractivity contribution is -0.133. The monoisotopic (exact) mass is 290 g/mol. The number of amides is 2. The van der Waals surface area contributed by atoms with E-state index in [0.717, 1.165) is 23.4 Å². The van der Waals surface area contributed by atoms with E-state index in [2.05, 4.69) is 5.32 Å². The number of nitrogens with one attached hydrogen (secondary N) is 1. The Hall–Kier alpha value is -2.04. The molecule has 5 nitrogen and oxygen atoms in total. The first-order chi connectivity index (χ1) is 9.99. The van der Waals surface area contributed by atoms with Crippen molar-refractivity contribution in [1.29, 1.82) is 0 Å². The topological polar surface area (TPSA) is 58.6 Å². The van der Waals surface area contributed by atoms with Crippen molar-refractivity contribution in [2.45, 2.75) is 45.7 Å². The van der Waals surface area contributed by atoms with Gasteiger partial charge >= 0.3 is 0 Å². The highest BCUT2D eigenvalue weighted by molar-refractivity contribution is 6.08. The van der Waals surface area contributed by atoms with Crippen LogP contribution in [0.3, 0.4) is 0 Å². The third-order valence-corrected chi connectivity index (χ3v) is 3.85. The molecule has 2 atom stereocenters. The molecule has 1 aliphatic heterocycles. The van der Waals surface area contributed by atoms with Gasteiger partial charge in [-0.25, -0.2) is 0 Å². The highest BCUT2D eigenvalue weighted by Crippen LogP contribution is 2.28. The molecule has 0 radical (unpaired) electrons. The number of methoxy groups -OCH3 is 1. The van der Waals surface area contributed by atoms with Crippen LogP contribution in [0.15, 0.2) is 18.2 Å². The van der Waals surface area contributed by atoms with Crippen LogP contribution in [-0.2, 0) is 9.59 Å². The summed E-state index contributed by atoms with van der Waals surface area (Å²) in [5, 5.41) is 2.80. The first kappa shape index (κ1) is 15.4. The predicted octanol–water partition coefficient (Wildman–Crippen LogP) is 2.02. The fourth-order valence-electron chi connectivity index (χ4n) is 2.68. The third kappa shape index (κ3) is 2.86. The van der Waals surface area contributed by atoms with Gasteiger partial charge in [-0.15, -0.1) is 0 Å². The Bertz CT molecular complexity index is 556. The largest absolute Gasteiger partial charge is 0.496 e. The van der Waals surface area contributed by atoms with Crippen LogP contribution in [0.25, 0.3) is 0 Å². The molecule has 0 spiro atoms. The highest BCUT2D eigenvalue weighted by Gasteiger charge is 2.38. The standard InChI is InChI=1S/C16H22N2O3/c1-5-6-13-16(20)18(11(3)15(19)17-13)12-7-8-14(21-4)10(2)9-12/h7-9,11,13H,5-6H2,1-4H3,(H,17,19). The summed E-state index contributed by atoms with van der Waals surface area (Å²) in [6.07, 6.45) is 1.50. The molecule has 0 bridgehead atoms. The van der Waals surface area contributed by atoms with Gasteiger partial charge in [0.2, 0.25) is 11.8 Å². The van der Waals surface area contributed by atoms with Crippen molar-refractivity contribution >= 4 is 17.5 Å². The minimum Gasteiger partial charge on any atom is -0.496 e. The van der Waals surface area contributed by atoms with E-state index in [1.165, 1.54) is 0 Å². The Labute approximate surface area is 125 Å². The molecule has 2 amide bonds. The third-order valence-electron chi connectivity index (χ3n) is 3.85. The van der Waals surface area contributed by atoms with Crippen LogP contribution in [0.5, 0.6) is 5.75 Å². The number of piperazine rings is 1. The van der Waals surface area contributed by atoms with Crippen molar-refractivity contribution in [3.05, 3.63) is 23.8 Å². The molecule has 1 aromatic rings. The van der Waals surface area contributed by atoms with E-state index in [1.807, 2.05) is 32.0 Å². The molecular weight excluding hydrogens is 268 g/mol. The van der Waals surface area contributed by atoms with E-state index in [4.69, 9.17) is 4.74 Å². The summed E-state index contributed by atoms with van der Waals surface area (Å²) in [7, 11) is 1.61. The normalized spacial score (nSPS) is 22.2. The van der Waals surface area contributed by atoms with Gasteiger partial charge in [-0.05, 0) is 44.0 Å². The van der Waals surface area contributed by atoms with Crippen molar-refractivity contribution in [3.8, 4) is 5.75 Å². The molecule has 1 heterocycles. The second kappa shape index (κ2) is 6.16. The van der Waals surface area contributed by atoms with Crippen LogP contribution in [-0.4, -0.2) is 31.0 Å². The SMILES string of the molecule is CCCC1NC(=O)C(C)N(c2ccc(OC)c(C)c2)C1=O. The maximum atomic E-state index is 12.6. The van der Waals surface area contributed by atoms with Gasteiger partial charge in [0.05, 0.1) is 7.11 Å². The Morgan fingerprint density at radius 3 is 2.62 bits per heavy atom. The highest BCUT2D eigenvalue weighted by atomic mass is 16.5. The van der Waals surface area contributed by atoms with Gasteiger partial charge in [-0.3, -0.25) is 14.5 Å². The number of ether oxygens (including phenoxy) is 1. The maximum absolute atomic E-state index is 12.6. The van der Waals surface area contributed by atoms with Crippen molar-refractivity contribution in [2.24, 2.45) is 0 Å². The molecule has 1 aromatic carbocycles. The van der Waals surface area contributed by atoms with Gasteiger partial charge in [0.15, 0.2) is 0 Å². The van der Waals surface area contributed by atoms with Gasteiger partial charge in [0.1, 0.15) is 17.8 Å². The summed E-state index contributed by atoms with van der Waals surface area (Å²) < 4.78 is 5.24. The molecule has 5 heteroatoms. The molecule has 0 saturated carbocycles. The van der Waals surface area contributed by atoms with Gasteiger partial charge in [-0.1, -0.05) is 13.3 Å². The van der Waals surface area contributed by atoms with E-state index >= 15 is 0 Å². The molecule has 1 N–H and O–H groups in total. The second-order valence-electron chi connectivity index (χ2n) is 5.39.